The van der Waals surface area contributed by atoms with Gasteiger partial charge in [0.2, 0.25) is 5.91 Å². The summed E-state index contributed by atoms with van der Waals surface area (Å²) >= 11 is 0. The zero-order chi connectivity index (χ0) is 10.1. The summed E-state index contributed by atoms with van der Waals surface area (Å²) in [5.74, 6) is -0.182. The predicted molar refractivity (Wildman–Crippen MR) is 48.0 cm³/mol. The Morgan fingerprint density at radius 3 is 2.38 bits per heavy atom. The third-order valence-electron chi connectivity index (χ3n) is 2.18. The molecular weight excluding hydrogens is 170 g/mol. The molecule has 1 unspecified atom stereocenters. The molecule has 1 atom stereocenters. The smallest absolute Gasteiger partial charge is 0.312 e. The van der Waals surface area contributed by atoms with Crippen LogP contribution < -0.4 is 16.4 Å². The van der Waals surface area contributed by atoms with Crippen molar-refractivity contribution in [2.75, 3.05) is 0 Å². The number of amides is 3. The minimum atomic E-state index is -0.677. The Kier molecular flexibility index (Phi) is 2.45. The van der Waals surface area contributed by atoms with Gasteiger partial charge in [0.15, 0.2) is 0 Å². The monoisotopic (exact) mass is 185 g/mol. The van der Waals surface area contributed by atoms with E-state index in [1.54, 1.807) is 6.92 Å². The van der Waals surface area contributed by atoms with Crippen LogP contribution in [-0.2, 0) is 4.79 Å². The lowest BCUT2D eigenvalue weighted by Crippen LogP contribution is -2.49. The first-order chi connectivity index (χ1) is 5.93. The first-order valence-electron chi connectivity index (χ1n) is 4.31. The van der Waals surface area contributed by atoms with Gasteiger partial charge in [-0.15, -0.1) is 0 Å². The number of rotatable bonds is 3. The molecule has 0 aromatic carbocycles. The van der Waals surface area contributed by atoms with E-state index in [4.69, 9.17) is 5.73 Å². The fourth-order valence-electron chi connectivity index (χ4n) is 0.997. The SMILES string of the molecule is CC(NC(N)=O)C(=O)NC1(C)CC1. The maximum absolute atomic E-state index is 11.4. The molecule has 1 rings (SSSR count). The summed E-state index contributed by atoms with van der Waals surface area (Å²) < 4.78 is 0. The minimum absolute atomic E-state index is 0.0509. The van der Waals surface area contributed by atoms with E-state index < -0.39 is 12.1 Å². The molecule has 5 heteroatoms. The number of carbonyl (C=O) groups is 2. The van der Waals surface area contributed by atoms with E-state index in [1.165, 1.54) is 0 Å². The van der Waals surface area contributed by atoms with Crippen molar-refractivity contribution in [1.82, 2.24) is 10.6 Å². The number of hydrogen-bond donors (Lipinski definition) is 3. The molecule has 0 bridgehead atoms. The summed E-state index contributed by atoms with van der Waals surface area (Å²) in [6.45, 7) is 3.58. The molecule has 0 radical (unpaired) electrons. The largest absolute Gasteiger partial charge is 0.352 e. The maximum Gasteiger partial charge on any atom is 0.312 e. The Morgan fingerprint density at radius 2 is 2.00 bits per heavy atom. The van der Waals surface area contributed by atoms with E-state index in [0.29, 0.717) is 0 Å². The Balaban J connectivity index is 2.34. The molecule has 74 valence electrons. The van der Waals surface area contributed by atoms with Gasteiger partial charge in [-0.3, -0.25) is 4.79 Å². The van der Waals surface area contributed by atoms with Crippen molar-refractivity contribution >= 4 is 11.9 Å². The van der Waals surface area contributed by atoms with Gasteiger partial charge in [-0.2, -0.15) is 0 Å². The van der Waals surface area contributed by atoms with Crippen molar-refractivity contribution in [3.05, 3.63) is 0 Å². The van der Waals surface area contributed by atoms with Crippen molar-refractivity contribution < 1.29 is 9.59 Å². The summed E-state index contributed by atoms with van der Waals surface area (Å²) in [6, 6.07) is -1.24. The second-order valence-electron chi connectivity index (χ2n) is 3.78. The summed E-state index contributed by atoms with van der Waals surface area (Å²) in [5.41, 5.74) is 4.83. The standard InChI is InChI=1S/C8H15N3O2/c1-5(10-7(9)13)6(12)11-8(2)3-4-8/h5H,3-4H2,1-2H3,(H,11,12)(H3,9,10,13). The molecule has 13 heavy (non-hydrogen) atoms. The quantitative estimate of drug-likeness (QED) is 0.564. The molecular formula is C8H15N3O2. The average Bonchev–Trinajstić information content (AvgIpc) is 2.66. The van der Waals surface area contributed by atoms with Gasteiger partial charge in [0.25, 0.3) is 0 Å². The Bertz CT molecular complexity index is 236. The maximum atomic E-state index is 11.4. The zero-order valence-corrected chi connectivity index (χ0v) is 7.89. The molecule has 0 aromatic rings. The molecule has 1 aliphatic rings. The molecule has 0 saturated heterocycles. The van der Waals surface area contributed by atoms with Gasteiger partial charge >= 0.3 is 6.03 Å². The molecule has 3 amide bonds. The molecule has 0 spiro atoms. The molecule has 4 N–H and O–H groups in total. The summed E-state index contributed by atoms with van der Waals surface area (Å²) in [7, 11) is 0. The normalized spacial score (nSPS) is 20.2. The van der Waals surface area contributed by atoms with Crippen LogP contribution >= 0.6 is 0 Å². The van der Waals surface area contributed by atoms with Gasteiger partial charge in [-0.05, 0) is 26.7 Å². The third kappa shape index (κ3) is 2.93. The number of urea groups is 1. The molecule has 1 fully saturated rings. The lowest BCUT2D eigenvalue weighted by molar-refractivity contribution is -0.123. The number of nitrogens with two attached hydrogens (primary N) is 1. The van der Waals surface area contributed by atoms with Crippen molar-refractivity contribution in [3.8, 4) is 0 Å². The summed E-state index contributed by atoms with van der Waals surface area (Å²) in [6.07, 6.45) is 2.00. The minimum Gasteiger partial charge on any atom is -0.352 e. The van der Waals surface area contributed by atoms with Crippen LogP contribution in [-0.4, -0.2) is 23.5 Å². The van der Waals surface area contributed by atoms with Gasteiger partial charge in [0, 0.05) is 5.54 Å². The van der Waals surface area contributed by atoms with E-state index in [9.17, 15) is 9.59 Å². The highest BCUT2D eigenvalue weighted by Gasteiger charge is 2.39. The second kappa shape index (κ2) is 3.24. The van der Waals surface area contributed by atoms with Gasteiger partial charge in [0.1, 0.15) is 6.04 Å². The Labute approximate surface area is 77.1 Å². The molecule has 0 aliphatic heterocycles. The third-order valence-corrected chi connectivity index (χ3v) is 2.18. The molecule has 1 saturated carbocycles. The first-order valence-corrected chi connectivity index (χ1v) is 4.31. The Morgan fingerprint density at radius 1 is 1.46 bits per heavy atom. The van der Waals surface area contributed by atoms with Crippen LogP contribution in [0.25, 0.3) is 0 Å². The highest BCUT2D eigenvalue weighted by atomic mass is 16.2. The number of hydrogen-bond acceptors (Lipinski definition) is 2. The van der Waals surface area contributed by atoms with Gasteiger partial charge in [-0.1, -0.05) is 0 Å². The lowest BCUT2D eigenvalue weighted by atomic mass is 10.2. The van der Waals surface area contributed by atoms with E-state index in [-0.39, 0.29) is 11.4 Å². The van der Waals surface area contributed by atoms with Crippen molar-refractivity contribution in [2.45, 2.75) is 38.3 Å². The number of carbonyl (C=O) groups excluding carboxylic acids is 2. The summed E-state index contributed by atoms with van der Waals surface area (Å²) in [4.78, 5) is 21.8. The van der Waals surface area contributed by atoms with Gasteiger partial charge in [-0.25, -0.2) is 4.79 Å². The topological polar surface area (TPSA) is 84.2 Å². The number of primary amides is 1. The fraction of sp³-hybridized carbons (Fsp3) is 0.750. The van der Waals surface area contributed by atoms with E-state index in [2.05, 4.69) is 10.6 Å². The van der Waals surface area contributed by atoms with E-state index in [1.807, 2.05) is 6.92 Å². The average molecular weight is 185 g/mol. The predicted octanol–water partition coefficient (Wildman–Crippen LogP) is -0.288. The molecule has 1 aliphatic carbocycles. The second-order valence-corrected chi connectivity index (χ2v) is 3.78. The van der Waals surface area contributed by atoms with Crippen LogP contribution in [0.15, 0.2) is 0 Å². The van der Waals surface area contributed by atoms with Crippen LogP contribution in [0.2, 0.25) is 0 Å². The first kappa shape index (κ1) is 9.83. The van der Waals surface area contributed by atoms with Gasteiger partial charge < -0.3 is 16.4 Å². The van der Waals surface area contributed by atoms with Crippen molar-refractivity contribution in [1.29, 1.82) is 0 Å². The highest BCUT2D eigenvalue weighted by Crippen LogP contribution is 2.34. The lowest BCUT2D eigenvalue weighted by Gasteiger charge is -2.16. The molecule has 5 nitrogen and oxygen atoms in total. The number of nitrogens with one attached hydrogen (secondary N) is 2. The van der Waals surface area contributed by atoms with Gasteiger partial charge in [0.05, 0.1) is 0 Å². The van der Waals surface area contributed by atoms with Crippen LogP contribution in [0, 0.1) is 0 Å². The Hall–Kier alpha value is -1.26. The van der Waals surface area contributed by atoms with Crippen LogP contribution in [0.3, 0.4) is 0 Å². The van der Waals surface area contributed by atoms with Crippen molar-refractivity contribution in [3.63, 3.8) is 0 Å². The fourth-order valence-corrected chi connectivity index (χ4v) is 0.997. The molecule has 0 aromatic heterocycles. The van der Waals surface area contributed by atoms with E-state index >= 15 is 0 Å². The van der Waals surface area contributed by atoms with E-state index in [0.717, 1.165) is 12.8 Å². The zero-order valence-electron chi connectivity index (χ0n) is 7.89. The molecule has 0 heterocycles. The van der Waals surface area contributed by atoms with Crippen molar-refractivity contribution in [2.24, 2.45) is 5.73 Å². The summed E-state index contributed by atoms with van der Waals surface area (Å²) in [5, 5.41) is 5.15. The van der Waals surface area contributed by atoms with Crippen LogP contribution in [0.4, 0.5) is 4.79 Å². The van der Waals surface area contributed by atoms with Crippen LogP contribution in [0.1, 0.15) is 26.7 Å². The van der Waals surface area contributed by atoms with Crippen LogP contribution in [0.5, 0.6) is 0 Å². The highest BCUT2D eigenvalue weighted by molar-refractivity contribution is 5.86.